The number of rotatable bonds is 10. The highest BCUT2D eigenvalue weighted by molar-refractivity contribution is 7.10. The number of esters is 1. The second-order valence-corrected chi connectivity index (χ2v) is 19.1. The Morgan fingerprint density at radius 1 is 1.16 bits per heavy atom. The van der Waals surface area contributed by atoms with Crippen LogP contribution in [-0.2, 0) is 41.6 Å². The summed E-state index contributed by atoms with van der Waals surface area (Å²) in [6, 6.07) is 8.60. The highest BCUT2D eigenvalue weighted by Crippen LogP contribution is 2.46. The summed E-state index contributed by atoms with van der Waals surface area (Å²) in [6.07, 6.45) is 2.58. The van der Waals surface area contributed by atoms with Gasteiger partial charge >= 0.3 is 5.97 Å². The van der Waals surface area contributed by atoms with Gasteiger partial charge in [-0.2, -0.15) is 0 Å². The van der Waals surface area contributed by atoms with Gasteiger partial charge in [-0.25, -0.2) is 10.4 Å². The number of β-amino-alcohol motifs (C(OH)–C–C–N with tert-alkyl or cyclic N) is 1. The van der Waals surface area contributed by atoms with Crippen molar-refractivity contribution in [1.82, 2.24) is 35.2 Å². The normalized spacial score (nSPS) is 27.5. The molecule has 0 unspecified atom stereocenters. The molecule has 14 nitrogen and oxygen atoms in total. The zero-order chi connectivity index (χ0) is 43.2. The molecule has 15 heteroatoms. The number of hydrazine groups is 1. The molecule has 1 aromatic carbocycles. The predicted octanol–water partition coefficient (Wildman–Crippen LogP) is 5.69. The molecule has 3 aromatic heterocycles. The number of nitrogens with one attached hydrogen (secondary N) is 2. The van der Waals surface area contributed by atoms with Crippen LogP contribution in [0.2, 0.25) is 0 Å². The van der Waals surface area contributed by atoms with Crippen molar-refractivity contribution in [3.63, 3.8) is 0 Å². The SMILES string of the molecule is CCn1c(-c2cccnc2[C@H](C)OC)c2c3cc(ccc31)-c1csc(n1)[C@@H](OCCN1CC[C@@H](O)C1)[C@H](NC(=O)[C@H]1[C@H](C)[C@@H]1C)C(=O)N1CCC[C@H](N1)C(=O)OCC(C)(C)C2. The minimum atomic E-state index is -1.13. The number of nitrogens with zero attached hydrogens (tertiary/aromatic N) is 5. The van der Waals surface area contributed by atoms with E-state index in [9.17, 15) is 19.5 Å². The third kappa shape index (κ3) is 8.87. The molecule has 6 heterocycles. The van der Waals surface area contributed by atoms with Gasteiger partial charge in [-0.3, -0.25) is 29.3 Å². The first-order chi connectivity index (χ1) is 29.3. The van der Waals surface area contributed by atoms with Gasteiger partial charge in [-0.1, -0.05) is 33.8 Å². The molecular weight excluding hydrogens is 795 g/mol. The standard InChI is InChI=1S/C46H61N7O7S/c1-8-52-36-14-13-29-21-32(36)33(40(52)31-11-9-16-47-38(31)28(4)58-7)22-46(5,6)25-60-45(57)34-12-10-17-53(50-34)44(56)39(49-42(55)37-26(2)27(37)3)41(43-48-35(29)24-61-43)59-20-19-51-18-15-30(54)23-51/h9,11,13-14,16,21,24,26-28,30,34,37,39,41,50,54H,8,10,12,15,17-20,22-23,25H2,1-7H3,(H,49,55)/t26-,27+,28-,30+,34-,37+,39-,41-/m0/s1. The number of carbonyl (C=O) groups is 3. The summed E-state index contributed by atoms with van der Waals surface area (Å²) in [5.74, 6) is -0.872. The van der Waals surface area contributed by atoms with Crippen molar-refractivity contribution in [2.24, 2.45) is 23.2 Å². The molecule has 2 amide bonds. The molecular formula is C46H61N7O7S. The van der Waals surface area contributed by atoms with Crippen molar-refractivity contribution < 1.29 is 33.7 Å². The number of hydrogen-bond acceptors (Lipinski definition) is 12. The molecule has 3 N–H and O–H groups in total. The van der Waals surface area contributed by atoms with Gasteiger partial charge in [0.15, 0.2) is 0 Å². The van der Waals surface area contributed by atoms with Crippen molar-refractivity contribution in [2.75, 3.05) is 46.5 Å². The number of thiazole rings is 1. The Morgan fingerprint density at radius 3 is 2.69 bits per heavy atom. The maximum atomic E-state index is 14.8. The smallest absolute Gasteiger partial charge is 0.324 e. The van der Waals surface area contributed by atoms with E-state index in [4.69, 9.17) is 24.2 Å². The summed E-state index contributed by atoms with van der Waals surface area (Å²) in [4.78, 5) is 54.8. The van der Waals surface area contributed by atoms with Crippen LogP contribution in [0.4, 0.5) is 0 Å². The predicted molar refractivity (Wildman–Crippen MR) is 233 cm³/mol. The molecule has 0 radical (unpaired) electrons. The average molecular weight is 856 g/mol. The molecule has 1 saturated carbocycles. The lowest BCUT2D eigenvalue weighted by Crippen LogP contribution is -2.61. The molecule has 3 fully saturated rings. The number of hydrogen-bond donors (Lipinski definition) is 3. The Kier molecular flexibility index (Phi) is 12.7. The van der Waals surface area contributed by atoms with Crippen LogP contribution in [0, 0.1) is 23.2 Å². The monoisotopic (exact) mass is 855 g/mol. The van der Waals surface area contributed by atoms with Crippen molar-refractivity contribution in [3.8, 4) is 22.5 Å². The number of ether oxygens (including phenoxy) is 3. The maximum absolute atomic E-state index is 14.8. The van der Waals surface area contributed by atoms with E-state index in [0.29, 0.717) is 56.9 Å². The first-order valence-corrected chi connectivity index (χ1v) is 22.8. The third-order valence-electron chi connectivity index (χ3n) is 13.3. The molecule has 1 aliphatic carbocycles. The number of carbonyl (C=O) groups excluding carboxylic acids is 3. The second kappa shape index (κ2) is 17.9. The van der Waals surface area contributed by atoms with Gasteiger partial charge in [-0.15, -0.1) is 11.3 Å². The summed E-state index contributed by atoms with van der Waals surface area (Å²) in [7, 11) is 1.69. The van der Waals surface area contributed by atoms with Gasteiger partial charge in [0.1, 0.15) is 23.2 Å². The Morgan fingerprint density at radius 2 is 1.97 bits per heavy atom. The van der Waals surface area contributed by atoms with Crippen molar-refractivity contribution in [1.29, 1.82) is 0 Å². The number of aromatic nitrogens is 3. The molecule has 61 heavy (non-hydrogen) atoms. The van der Waals surface area contributed by atoms with Crippen LogP contribution >= 0.6 is 11.3 Å². The lowest BCUT2D eigenvalue weighted by Gasteiger charge is -2.37. The number of aliphatic hydroxyl groups excluding tert-OH is 1. The number of aryl methyl sites for hydroxylation is 1. The van der Waals surface area contributed by atoms with Crippen LogP contribution in [-0.4, -0.2) is 112 Å². The van der Waals surface area contributed by atoms with E-state index in [1.807, 2.05) is 32.2 Å². The molecule has 6 bridgehead atoms. The molecule has 8 atom stereocenters. The Bertz CT molecular complexity index is 2250. The first kappa shape index (κ1) is 43.4. The van der Waals surface area contributed by atoms with Crippen LogP contribution in [0.25, 0.3) is 33.4 Å². The molecule has 3 aliphatic heterocycles. The van der Waals surface area contributed by atoms with Gasteiger partial charge in [0.05, 0.1) is 42.5 Å². The maximum Gasteiger partial charge on any atom is 0.324 e. The van der Waals surface area contributed by atoms with E-state index in [1.165, 1.54) is 16.3 Å². The number of likely N-dealkylation sites (tertiary alicyclic amines) is 1. The molecule has 0 spiro atoms. The fourth-order valence-electron chi connectivity index (χ4n) is 9.47. The summed E-state index contributed by atoms with van der Waals surface area (Å²) in [6.45, 7) is 15.8. The van der Waals surface area contributed by atoms with E-state index >= 15 is 0 Å². The number of pyridine rings is 1. The highest BCUT2D eigenvalue weighted by atomic mass is 32.1. The van der Waals surface area contributed by atoms with Crippen molar-refractivity contribution in [3.05, 3.63) is 58.2 Å². The van der Waals surface area contributed by atoms with Crippen LogP contribution in [0.5, 0.6) is 0 Å². The van der Waals surface area contributed by atoms with E-state index < -0.39 is 35.5 Å². The van der Waals surface area contributed by atoms with Gasteiger partial charge in [0.25, 0.3) is 5.91 Å². The first-order valence-electron chi connectivity index (χ1n) is 21.9. The number of methoxy groups -OCH3 is 1. The van der Waals surface area contributed by atoms with Crippen LogP contribution in [0.1, 0.15) is 89.3 Å². The Labute approximate surface area is 362 Å². The lowest BCUT2D eigenvalue weighted by atomic mass is 9.84. The Hall–Kier alpha value is -4.25. The molecule has 4 aliphatic rings. The van der Waals surface area contributed by atoms with Crippen LogP contribution < -0.4 is 10.7 Å². The minimum Gasteiger partial charge on any atom is -0.464 e. The molecule has 328 valence electrons. The van der Waals surface area contributed by atoms with Crippen LogP contribution in [0.15, 0.2) is 41.9 Å². The number of fused-ring (bicyclic) bond motifs is 6. The molecule has 4 aromatic rings. The highest BCUT2D eigenvalue weighted by Gasteiger charge is 2.50. The van der Waals surface area contributed by atoms with Gasteiger partial charge in [0.2, 0.25) is 5.91 Å². The second-order valence-electron chi connectivity index (χ2n) is 18.2. The largest absolute Gasteiger partial charge is 0.464 e. The fraction of sp³-hybridized carbons (Fsp3) is 0.587. The zero-order valence-electron chi connectivity index (χ0n) is 36.5. The summed E-state index contributed by atoms with van der Waals surface area (Å²) < 4.78 is 21.0. The molecule has 2 saturated heterocycles. The van der Waals surface area contributed by atoms with E-state index in [-0.39, 0.29) is 49.1 Å². The summed E-state index contributed by atoms with van der Waals surface area (Å²) in [5, 5.41) is 18.4. The fourth-order valence-corrected chi connectivity index (χ4v) is 10.4. The van der Waals surface area contributed by atoms with E-state index in [0.717, 1.165) is 51.2 Å². The summed E-state index contributed by atoms with van der Waals surface area (Å²) >= 11 is 1.40. The number of aliphatic hydroxyl groups is 1. The number of amides is 2. The van der Waals surface area contributed by atoms with Gasteiger partial charge in [0, 0.05) is 84.8 Å². The van der Waals surface area contributed by atoms with Crippen molar-refractivity contribution in [2.45, 2.75) is 104 Å². The lowest BCUT2D eigenvalue weighted by molar-refractivity contribution is -0.157. The summed E-state index contributed by atoms with van der Waals surface area (Å²) in [5.41, 5.74) is 9.38. The zero-order valence-corrected chi connectivity index (χ0v) is 37.3. The van der Waals surface area contributed by atoms with E-state index in [2.05, 4.69) is 65.2 Å². The van der Waals surface area contributed by atoms with Gasteiger partial charge in [-0.05, 0) is 81.2 Å². The molecule has 8 rings (SSSR count). The van der Waals surface area contributed by atoms with Crippen LogP contribution in [0.3, 0.4) is 0 Å². The van der Waals surface area contributed by atoms with E-state index in [1.54, 1.807) is 13.3 Å². The third-order valence-corrected chi connectivity index (χ3v) is 14.2. The van der Waals surface area contributed by atoms with Crippen molar-refractivity contribution >= 4 is 40.0 Å². The quantitative estimate of drug-likeness (QED) is 0.168. The number of cyclic esters (lactones) is 1. The topological polar surface area (TPSA) is 160 Å². The number of benzene rings is 1. The minimum absolute atomic E-state index is 0.153. The van der Waals surface area contributed by atoms with Gasteiger partial charge < -0.3 is 29.2 Å². The average Bonchev–Trinajstić information content (AvgIpc) is 3.68. The Balaban J connectivity index is 1.26.